The van der Waals surface area contributed by atoms with E-state index in [9.17, 15) is 0 Å². The first-order valence-corrected chi connectivity index (χ1v) is 18.4. The maximum Gasteiger partial charge on any atom is 0.0546 e. The summed E-state index contributed by atoms with van der Waals surface area (Å²) < 4.78 is 0. The lowest BCUT2D eigenvalue weighted by Crippen LogP contribution is -2.24. The molecule has 0 radical (unpaired) electrons. The minimum Gasteiger partial charge on any atom is -0.310 e. The van der Waals surface area contributed by atoms with E-state index in [1.165, 1.54) is 60.3 Å². The van der Waals surface area contributed by atoms with Crippen molar-refractivity contribution in [2.75, 3.05) is 9.80 Å². The fourth-order valence-electron chi connectivity index (χ4n) is 8.71. The summed E-state index contributed by atoms with van der Waals surface area (Å²) in [6.45, 7) is 4.79. The number of anilines is 6. The molecule has 0 N–H and O–H groups in total. The first-order valence-electron chi connectivity index (χ1n) is 18.4. The van der Waals surface area contributed by atoms with Crippen molar-refractivity contribution in [2.45, 2.75) is 19.3 Å². The molecule has 2 heteroatoms. The number of hydrogen-bond acceptors (Lipinski definition) is 2. The molecule has 0 bridgehead atoms. The van der Waals surface area contributed by atoms with Gasteiger partial charge in [0, 0.05) is 39.2 Å². The van der Waals surface area contributed by atoms with Gasteiger partial charge >= 0.3 is 0 Å². The number of hydrogen-bond donors (Lipinski definition) is 0. The molecule has 2 nitrogen and oxygen atoms in total. The lowest BCUT2D eigenvalue weighted by Gasteiger charge is -2.37. The van der Waals surface area contributed by atoms with E-state index in [1.54, 1.807) is 0 Å². The summed E-state index contributed by atoms with van der Waals surface area (Å²) in [4.78, 5) is 4.77. The second kappa shape index (κ2) is 12.3. The third kappa shape index (κ3) is 4.94. The SMILES string of the molecule is CC1(C)c2cc(N(c3ccccc3)c3ccccc3)ccc2-c2cc3c4ccccc4c(N(c4ccccc4)c4ccccc4)cc3c3cccc1c23. The molecule has 252 valence electrons. The maximum atomic E-state index is 2.47. The van der Waals surface area contributed by atoms with Crippen molar-refractivity contribution in [3.05, 3.63) is 205 Å². The molecule has 1 aliphatic rings. The van der Waals surface area contributed by atoms with Crippen LogP contribution in [0.15, 0.2) is 194 Å². The molecule has 0 saturated carbocycles. The number of para-hydroxylation sites is 4. The molecule has 0 amide bonds. The molecule has 9 aromatic carbocycles. The first-order chi connectivity index (χ1) is 26.1. The van der Waals surface area contributed by atoms with Gasteiger partial charge in [0.1, 0.15) is 0 Å². The molecule has 0 saturated heterocycles. The third-order valence-corrected chi connectivity index (χ3v) is 11.2. The van der Waals surface area contributed by atoms with Crippen molar-refractivity contribution in [3.8, 4) is 11.1 Å². The monoisotopic (exact) mass is 678 g/mol. The normalized spacial score (nSPS) is 12.9. The highest BCUT2D eigenvalue weighted by atomic mass is 15.1. The van der Waals surface area contributed by atoms with Gasteiger partial charge in [0.2, 0.25) is 0 Å². The second-order valence-corrected chi connectivity index (χ2v) is 14.6. The standard InChI is InChI=1S/C51H38N2/c1-51(2)47-29-17-28-43-45-34-49(53(37-22-11-5-12-23-37)38-24-13-6-14-25-38)42-27-16-15-26-40(42)44(45)33-46(50(43)47)41-31-30-39(32-48(41)51)52(35-18-7-3-8-19-35)36-20-9-4-10-21-36/h3-34H,1-2H3. The molecular weight excluding hydrogens is 641 g/mol. The fraction of sp³-hybridized carbons (Fsp3) is 0.0588. The van der Waals surface area contributed by atoms with E-state index in [0.29, 0.717) is 0 Å². The van der Waals surface area contributed by atoms with Crippen LogP contribution in [-0.2, 0) is 5.41 Å². The summed E-state index contributed by atoms with van der Waals surface area (Å²) in [5.41, 5.74) is 12.0. The van der Waals surface area contributed by atoms with Crippen LogP contribution in [0.3, 0.4) is 0 Å². The largest absolute Gasteiger partial charge is 0.310 e. The van der Waals surface area contributed by atoms with E-state index < -0.39 is 0 Å². The summed E-state index contributed by atoms with van der Waals surface area (Å²) in [5, 5.41) is 7.66. The summed E-state index contributed by atoms with van der Waals surface area (Å²) in [6.07, 6.45) is 0. The van der Waals surface area contributed by atoms with E-state index in [2.05, 4.69) is 218 Å². The van der Waals surface area contributed by atoms with Crippen molar-refractivity contribution < 1.29 is 0 Å². The van der Waals surface area contributed by atoms with Crippen molar-refractivity contribution in [1.82, 2.24) is 0 Å². The molecule has 0 unspecified atom stereocenters. The predicted octanol–water partition coefficient (Wildman–Crippen LogP) is 14.4. The average molecular weight is 679 g/mol. The molecule has 53 heavy (non-hydrogen) atoms. The Bertz CT molecular complexity index is 2710. The lowest BCUT2D eigenvalue weighted by atomic mass is 9.68. The van der Waals surface area contributed by atoms with Crippen LogP contribution < -0.4 is 9.80 Å². The minimum atomic E-state index is -0.232. The van der Waals surface area contributed by atoms with Gasteiger partial charge in [-0.2, -0.15) is 0 Å². The van der Waals surface area contributed by atoms with Gasteiger partial charge in [0.15, 0.2) is 0 Å². The van der Waals surface area contributed by atoms with Gasteiger partial charge in [0.05, 0.1) is 5.69 Å². The molecule has 0 aliphatic heterocycles. The van der Waals surface area contributed by atoms with Crippen LogP contribution in [0.2, 0.25) is 0 Å². The van der Waals surface area contributed by atoms with Gasteiger partial charge in [0.25, 0.3) is 0 Å². The zero-order valence-electron chi connectivity index (χ0n) is 29.9. The topological polar surface area (TPSA) is 6.48 Å². The predicted molar refractivity (Wildman–Crippen MR) is 226 cm³/mol. The summed E-state index contributed by atoms with van der Waals surface area (Å²) in [6, 6.07) is 70.7. The number of fused-ring (bicyclic) bond motifs is 6. The molecule has 1 aliphatic carbocycles. The minimum absolute atomic E-state index is 0.232. The molecule has 0 heterocycles. The van der Waals surface area contributed by atoms with E-state index in [0.717, 1.165) is 28.4 Å². The van der Waals surface area contributed by atoms with Crippen LogP contribution in [0, 0.1) is 0 Å². The number of benzene rings is 9. The fourth-order valence-corrected chi connectivity index (χ4v) is 8.71. The zero-order chi connectivity index (χ0) is 35.5. The van der Waals surface area contributed by atoms with Gasteiger partial charge < -0.3 is 9.80 Å². The van der Waals surface area contributed by atoms with E-state index in [1.807, 2.05) is 0 Å². The van der Waals surface area contributed by atoms with Gasteiger partial charge in [-0.05, 0) is 122 Å². The highest BCUT2D eigenvalue weighted by Gasteiger charge is 2.35. The summed E-state index contributed by atoms with van der Waals surface area (Å²) in [5.74, 6) is 0. The summed E-state index contributed by atoms with van der Waals surface area (Å²) >= 11 is 0. The quantitative estimate of drug-likeness (QED) is 0.162. The molecule has 0 spiro atoms. The molecular formula is C51H38N2. The molecule has 10 rings (SSSR count). The third-order valence-electron chi connectivity index (χ3n) is 11.2. The molecule has 0 aromatic heterocycles. The van der Waals surface area contributed by atoms with Crippen LogP contribution in [0.25, 0.3) is 43.4 Å². The van der Waals surface area contributed by atoms with Crippen LogP contribution in [0.4, 0.5) is 34.1 Å². The van der Waals surface area contributed by atoms with Crippen molar-refractivity contribution in [3.63, 3.8) is 0 Å². The van der Waals surface area contributed by atoms with Crippen LogP contribution in [-0.4, -0.2) is 0 Å². The molecule has 0 fully saturated rings. The van der Waals surface area contributed by atoms with Crippen molar-refractivity contribution in [1.29, 1.82) is 0 Å². The van der Waals surface area contributed by atoms with Crippen LogP contribution >= 0.6 is 0 Å². The Morgan fingerprint density at radius 3 is 1.40 bits per heavy atom. The lowest BCUT2D eigenvalue weighted by molar-refractivity contribution is 0.645. The molecule has 0 atom stereocenters. The van der Waals surface area contributed by atoms with Crippen molar-refractivity contribution >= 4 is 66.4 Å². The number of rotatable bonds is 6. The Hall–Kier alpha value is -6.64. The van der Waals surface area contributed by atoms with Crippen molar-refractivity contribution in [2.24, 2.45) is 0 Å². The Kier molecular flexibility index (Phi) is 7.19. The highest BCUT2D eigenvalue weighted by molar-refractivity contribution is 6.25. The molecule has 9 aromatic rings. The number of nitrogens with zero attached hydrogens (tertiary/aromatic N) is 2. The van der Waals surface area contributed by atoms with Gasteiger partial charge in [-0.25, -0.2) is 0 Å². The van der Waals surface area contributed by atoms with Gasteiger partial charge in [-0.3, -0.25) is 0 Å². The Morgan fingerprint density at radius 2 is 0.811 bits per heavy atom. The van der Waals surface area contributed by atoms with Gasteiger partial charge in [-0.15, -0.1) is 0 Å². The second-order valence-electron chi connectivity index (χ2n) is 14.6. The van der Waals surface area contributed by atoms with Gasteiger partial charge in [-0.1, -0.05) is 135 Å². The Balaban J connectivity index is 1.24. The van der Waals surface area contributed by atoms with Crippen LogP contribution in [0.5, 0.6) is 0 Å². The van der Waals surface area contributed by atoms with Crippen LogP contribution in [0.1, 0.15) is 25.0 Å². The first kappa shape index (κ1) is 31.1. The maximum absolute atomic E-state index is 2.47. The Labute approximate surface area is 310 Å². The van der Waals surface area contributed by atoms with E-state index in [-0.39, 0.29) is 5.41 Å². The summed E-state index contributed by atoms with van der Waals surface area (Å²) in [7, 11) is 0. The van der Waals surface area contributed by atoms with E-state index in [4.69, 9.17) is 0 Å². The zero-order valence-corrected chi connectivity index (χ0v) is 29.9. The average Bonchev–Trinajstić information content (AvgIpc) is 3.22. The Morgan fingerprint density at radius 1 is 0.321 bits per heavy atom. The highest BCUT2D eigenvalue weighted by Crippen LogP contribution is 2.53. The smallest absolute Gasteiger partial charge is 0.0546 e. The van der Waals surface area contributed by atoms with E-state index >= 15 is 0 Å².